The van der Waals surface area contributed by atoms with Gasteiger partial charge >= 0.3 is 0 Å². The Bertz CT molecular complexity index is 3300. The van der Waals surface area contributed by atoms with Crippen LogP contribution in [-0.2, 0) is 0 Å². The summed E-state index contributed by atoms with van der Waals surface area (Å²) in [6, 6.07) is 83.6. The molecule has 0 radical (unpaired) electrons. The number of rotatable bonds is 7. The van der Waals surface area contributed by atoms with Crippen LogP contribution in [0.25, 0.3) is 71.9 Å². The van der Waals surface area contributed by atoms with Crippen LogP contribution in [0.3, 0.4) is 0 Å². The van der Waals surface area contributed by atoms with E-state index < -0.39 is 0 Å². The average Bonchev–Trinajstić information content (AvgIpc) is 3.68. The van der Waals surface area contributed by atoms with Gasteiger partial charge in [-0.2, -0.15) is 0 Å². The third kappa shape index (κ3) is 5.87. The van der Waals surface area contributed by atoms with Crippen LogP contribution < -0.4 is 21.3 Å². The Labute approximate surface area is 355 Å². The van der Waals surface area contributed by atoms with Crippen LogP contribution in [0.4, 0.5) is 17.1 Å². The molecule has 0 N–H and O–H groups in total. The number of hydrogen-bond donors (Lipinski definition) is 0. The quantitative estimate of drug-likeness (QED) is 0.150. The molecule has 0 spiro atoms. The highest BCUT2D eigenvalue weighted by molar-refractivity contribution is 6.98. The molecule has 1 aliphatic heterocycles. The summed E-state index contributed by atoms with van der Waals surface area (Å²) in [4.78, 5) is 7.63. The van der Waals surface area contributed by atoms with Crippen molar-refractivity contribution in [3.8, 4) is 39.3 Å². The number of fused-ring (bicyclic) bond motifs is 7. The predicted octanol–water partition coefficient (Wildman–Crippen LogP) is 12.6. The normalized spacial score (nSPS) is 11.9. The molecule has 0 bridgehead atoms. The standard InChI is InChI=1S/C57H38BN3/c1-6-19-40(20-7-1)52-35-43(36-53(59-52)41-21-8-2-9-22-41)42-31-32-54-50(34-42)58(44-23-10-3-11-24-44)51-38-47(60(45-25-12-4-13-26-45)46-27-14-5-15-28-46)37-49-56-48-29-17-16-18-39(48)30-33-55(56)61(54)57(49)51/h1-38H. The Morgan fingerprint density at radius 1 is 0.393 bits per heavy atom. The number of pyridine rings is 1. The van der Waals surface area contributed by atoms with Gasteiger partial charge in [-0.05, 0) is 93.5 Å². The molecule has 0 aliphatic carbocycles. The summed E-state index contributed by atoms with van der Waals surface area (Å²) in [7, 11) is 0. The van der Waals surface area contributed by atoms with Crippen LogP contribution in [0.2, 0.25) is 0 Å². The monoisotopic (exact) mass is 775 g/mol. The zero-order chi connectivity index (χ0) is 40.3. The summed E-state index contributed by atoms with van der Waals surface area (Å²) < 4.78 is 2.54. The molecule has 2 aromatic heterocycles. The van der Waals surface area contributed by atoms with Gasteiger partial charge in [-0.15, -0.1) is 0 Å². The summed E-state index contributed by atoms with van der Waals surface area (Å²) >= 11 is 0. The lowest BCUT2D eigenvalue weighted by molar-refractivity contribution is 1.19. The minimum absolute atomic E-state index is 0.0425. The van der Waals surface area contributed by atoms with Gasteiger partial charge in [-0.25, -0.2) is 4.98 Å². The summed E-state index contributed by atoms with van der Waals surface area (Å²) in [6.45, 7) is -0.0425. The molecule has 12 rings (SSSR count). The third-order valence-corrected chi connectivity index (χ3v) is 12.4. The van der Waals surface area contributed by atoms with E-state index in [0.717, 1.165) is 50.7 Å². The number of nitrogens with zero attached hydrogens (tertiary/aromatic N) is 3. The molecule has 61 heavy (non-hydrogen) atoms. The highest BCUT2D eigenvalue weighted by Crippen LogP contribution is 2.43. The van der Waals surface area contributed by atoms with E-state index >= 15 is 0 Å². The number of benzene rings is 9. The SMILES string of the molecule is c1ccc(B2c3cc(-c4cc(-c5ccccc5)nc(-c5ccccc5)c4)ccc3-n3c4ccc5ccccc5c4c4cc(N(c5ccccc5)c5ccccc5)cc2c43)cc1. The molecule has 3 nitrogen and oxygen atoms in total. The molecular formula is C57H38BN3. The third-order valence-electron chi connectivity index (χ3n) is 12.4. The Kier molecular flexibility index (Phi) is 8.27. The van der Waals surface area contributed by atoms with E-state index in [2.05, 4.69) is 240 Å². The molecule has 0 atom stereocenters. The fraction of sp³-hybridized carbons (Fsp3) is 0. The van der Waals surface area contributed by atoms with Crippen LogP contribution in [0.1, 0.15) is 0 Å². The predicted molar refractivity (Wildman–Crippen MR) is 258 cm³/mol. The van der Waals surface area contributed by atoms with Crippen LogP contribution in [0.15, 0.2) is 231 Å². The van der Waals surface area contributed by atoms with Gasteiger partial charge in [0.1, 0.15) is 0 Å². The molecular weight excluding hydrogens is 737 g/mol. The van der Waals surface area contributed by atoms with E-state index in [9.17, 15) is 0 Å². The number of aromatic nitrogens is 2. The molecule has 3 heterocycles. The second-order valence-corrected chi connectivity index (χ2v) is 15.9. The van der Waals surface area contributed by atoms with E-state index in [1.54, 1.807) is 0 Å². The lowest BCUT2D eigenvalue weighted by Crippen LogP contribution is -2.56. The van der Waals surface area contributed by atoms with Gasteiger partial charge in [0.05, 0.1) is 16.9 Å². The average molecular weight is 776 g/mol. The topological polar surface area (TPSA) is 21.1 Å². The number of anilines is 3. The summed E-state index contributed by atoms with van der Waals surface area (Å²) in [5, 5.41) is 5.02. The van der Waals surface area contributed by atoms with Gasteiger partial charge in [-0.3, -0.25) is 0 Å². The number of para-hydroxylation sites is 2. The van der Waals surface area contributed by atoms with E-state index in [-0.39, 0.29) is 6.71 Å². The zero-order valence-electron chi connectivity index (χ0n) is 33.4. The molecule has 0 fully saturated rings. The molecule has 284 valence electrons. The second kappa shape index (κ2) is 14.4. The first-order chi connectivity index (χ1) is 30.3. The first kappa shape index (κ1) is 35.0. The Balaban J connectivity index is 1.17. The van der Waals surface area contributed by atoms with E-state index in [4.69, 9.17) is 4.98 Å². The minimum Gasteiger partial charge on any atom is -0.311 e. The highest BCUT2D eigenvalue weighted by atomic mass is 15.1. The minimum atomic E-state index is -0.0425. The smallest absolute Gasteiger partial charge is 0.246 e. The lowest BCUT2D eigenvalue weighted by Gasteiger charge is -2.31. The summed E-state index contributed by atoms with van der Waals surface area (Å²) in [5.41, 5.74) is 17.2. The molecule has 0 saturated carbocycles. The van der Waals surface area contributed by atoms with E-state index in [1.807, 2.05) is 0 Å². The van der Waals surface area contributed by atoms with Crippen molar-refractivity contribution < 1.29 is 0 Å². The molecule has 11 aromatic rings. The zero-order valence-corrected chi connectivity index (χ0v) is 33.4. The molecule has 4 heteroatoms. The van der Waals surface area contributed by atoms with Crippen molar-refractivity contribution in [2.24, 2.45) is 0 Å². The van der Waals surface area contributed by atoms with Crippen LogP contribution >= 0.6 is 0 Å². The van der Waals surface area contributed by atoms with Crippen LogP contribution in [0, 0.1) is 0 Å². The molecule has 0 amide bonds. The Hall–Kier alpha value is -7.95. The van der Waals surface area contributed by atoms with Crippen molar-refractivity contribution in [2.75, 3.05) is 4.90 Å². The van der Waals surface area contributed by atoms with Crippen molar-refractivity contribution in [1.82, 2.24) is 9.55 Å². The van der Waals surface area contributed by atoms with Crippen molar-refractivity contribution in [1.29, 1.82) is 0 Å². The van der Waals surface area contributed by atoms with Gasteiger partial charge in [0.2, 0.25) is 6.71 Å². The van der Waals surface area contributed by atoms with Gasteiger partial charge in [0.25, 0.3) is 0 Å². The fourth-order valence-corrected chi connectivity index (χ4v) is 9.68. The Morgan fingerprint density at radius 3 is 1.61 bits per heavy atom. The fourth-order valence-electron chi connectivity index (χ4n) is 9.68. The van der Waals surface area contributed by atoms with Gasteiger partial charge in [0.15, 0.2) is 0 Å². The molecule has 1 aliphatic rings. The van der Waals surface area contributed by atoms with Crippen molar-refractivity contribution in [3.05, 3.63) is 231 Å². The highest BCUT2D eigenvalue weighted by Gasteiger charge is 2.35. The summed E-state index contributed by atoms with van der Waals surface area (Å²) in [5.74, 6) is 0. The van der Waals surface area contributed by atoms with Gasteiger partial charge < -0.3 is 9.47 Å². The second-order valence-electron chi connectivity index (χ2n) is 15.9. The van der Waals surface area contributed by atoms with Crippen molar-refractivity contribution in [2.45, 2.75) is 0 Å². The first-order valence-corrected chi connectivity index (χ1v) is 21.0. The number of hydrogen-bond acceptors (Lipinski definition) is 2. The van der Waals surface area contributed by atoms with Crippen LogP contribution in [-0.4, -0.2) is 16.3 Å². The molecule has 0 saturated heterocycles. The maximum Gasteiger partial charge on any atom is 0.246 e. The largest absolute Gasteiger partial charge is 0.311 e. The maximum atomic E-state index is 5.22. The summed E-state index contributed by atoms with van der Waals surface area (Å²) in [6.07, 6.45) is 0. The van der Waals surface area contributed by atoms with Crippen LogP contribution in [0.5, 0.6) is 0 Å². The van der Waals surface area contributed by atoms with E-state index in [0.29, 0.717) is 0 Å². The molecule has 9 aromatic carbocycles. The molecule has 0 unspecified atom stereocenters. The maximum absolute atomic E-state index is 5.22. The van der Waals surface area contributed by atoms with Crippen molar-refractivity contribution >= 4 is 72.7 Å². The first-order valence-electron chi connectivity index (χ1n) is 21.0. The van der Waals surface area contributed by atoms with Crippen molar-refractivity contribution in [3.63, 3.8) is 0 Å². The van der Waals surface area contributed by atoms with Gasteiger partial charge in [0, 0.05) is 50.2 Å². The van der Waals surface area contributed by atoms with E-state index in [1.165, 1.54) is 54.7 Å². The van der Waals surface area contributed by atoms with Gasteiger partial charge in [-0.1, -0.05) is 175 Å². The Morgan fingerprint density at radius 2 is 0.967 bits per heavy atom. The lowest BCUT2D eigenvalue weighted by atomic mass is 9.35.